The standard InChI is InChI=1S/C16H27NO4/c1-11-6-8-16(10-18,9-7-11)17-14(19)12-4-2-3-5-13(12)15(20)21/h11-13,18H,2-10H2,1H3,(H,17,19)(H,20,21). The van der Waals surface area contributed by atoms with E-state index in [1.54, 1.807) is 0 Å². The molecule has 0 heterocycles. The molecule has 0 aliphatic heterocycles. The van der Waals surface area contributed by atoms with Crippen LogP contribution in [0, 0.1) is 17.8 Å². The zero-order valence-corrected chi connectivity index (χ0v) is 12.8. The van der Waals surface area contributed by atoms with Crippen molar-refractivity contribution in [3.05, 3.63) is 0 Å². The average molecular weight is 297 g/mol. The highest BCUT2D eigenvalue weighted by Gasteiger charge is 2.40. The average Bonchev–Trinajstić information content (AvgIpc) is 2.49. The minimum atomic E-state index is -0.870. The predicted octanol–water partition coefficient (Wildman–Crippen LogP) is 1.93. The third-order valence-corrected chi connectivity index (χ3v) is 5.34. The maximum atomic E-state index is 12.5. The molecule has 0 bridgehead atoms. The first-order chi connectivity index (χ1) is 9.97. The SMILES string of the molecule is CC1CCC(CO)(NC(=O)C2CCCCC2C(=O)O)CC1. The van der Waals surface area contributed by atoms with Gasteiger partial charge in [-0.1, -0.05) is 19.8 Å². The zero-order valence-electron chi connectivity index (χ0n) is 12.8. The van der Waals surface area contributed by atoms with Crippen LogP contribution in [0.1, 0.15) is 58.3 Å². The summed E-state index contributed by atoms with van der Waals surface area (Å²) in [7, 11) is 0. The van der Waals surface area contributed by atoms with Gasteiger partial charge in [0, 0.05) is 0 Å². The van der Waals surface area contributed by atoms with E-state index in [1.807, 2.05) is 0 Å². The Balaban J connectivity index is 2.03. The summed E-state index contributed by atoms with van der Waals surface area (Å²) in [6.45, 7) is 2.13. The third kappa shape index (κ3) is 3.76. The van der Waals surface area contributed by atoms with Crippen molar-refractivity contribution < 1.29 is 19.8 Å². The summed E-state index contributed by atoms with van der Waals surface area (Å²) in [4.78, 5) is 23.9. The fraction of sp³-hybridized carbons (Fsp3) is 0.875. The second-order valence-electron chi connectivity index (χ2n) is 6.95. The molecule has 1 amide bonds. The van der Waals surface area contributed by atoms with E-state index in [9.17, 15) is 19.8 Å². The van der Waals surface area contributed by atoms with Crippen LogP contribution in [-0.4, -0.2) is 34.2 Å². The van der Waals surface area contributed by atoms with Crippen LogP contribution >= 0.6 is 0 Å². The summed E-state index contributed by atoms with van der Waals surface area (Å²) in [6.07, 6.45) is 6.55. The number of carboxylic acids is 1. The number of hydrogen-bond acceptors (Lipinski definition) is 3. The van der Waals surface area contributed by atoms with Crippen LogP contribution in [0.5, 0.6) is 0 Å². The van der Waals surface area contributed by atoms with Gasteiger partial charge in [-0.2, -0.15) is 0 Å². The van der Waals surface area contributed by atoms with Gasteiger partial charge in [-0.05, 0) is 44.4 Å². The lowest BCUT2D eigenvalue weighted by molar-refractivity contribution is -0.149. The normalized spacial score (nSPS) is 37.0. The minimum absolute atomic E-state index is 0.0596. The highest BCUT2D eigenvalue weighted by molar-refractivity contribution is 5.85. The molecule has 0 aromatic rings. The highest BCUT2D eigenvalue weighted by atomic mass is 16.4. The fourth-order valence-electron chi connectivity index (χ4n) is 3.73. The highest BCUT2D eigenvalue weighted by Crippen LogP contribution is 2.34. The van der Waals surface area contributed by atoms with Gasteiger partial charge in [0.15, 0.2) is 0 Å². The summed E-state index contributed by atoms with van der Waals surface area (Å²) in [6, 6.07) is 0. The molecule has 0 aromatic carbocycles. The van der Waals surface area contributed by atoms with Crippen LogP contribution < -0.4 is 5.32 Å². The van der Waals surface area contributed by atoms with Gasteiger partial charge in [0.1, 0.15) is 0 Å². The van der Waals surface area contributed by atoms with Crippen molar-refractivity contribution >= 4 is 11.9 Å². The number of amides is 1. The molecule has 3 N–H and O–H groups in total. The van der Waals surface area contributed by atoms with E-state index < -0.39 is 23.3 Å². The number of aliphatic hydroxyl groups is 1. The Kier molecular flexibility index (Phi) is 5.25. The van der Waals surface area contributed by atoms with E-state index in [4.69, 9.17) is 0 Å². The number of nitrogens with one attached hydrogen (secondary N) is 1. The van der Waals surface area contributed by atoms with Crippen LogP contribution in [0.25, 0.3) is 0 Å². The van der Waals surface area contributed by atoms with Crippen molar-refractivity contribution in [1.82, 2.24) is 5.32 Å². The van der Waals surface area contributed by atoms with E-state index in [1.165, 1.54) is 0 Å². The van der Waals surface area contributed by atoms with Crippen molar-refractivity contribution in [1.29, 1.82) is 0 Å². The molecule has 2 aliphatic carbocycles. The quantitative estimate of drug-likeness (QED) is 0.740. The summed E-state index contributed by atoms with van der Waals surface area (Å²) in [5.41, 5.74) is -0.538. The lowest BCUT2D eigenvalue weighted by Crippen LogP contribution is -2.56. The molecule has 5 nitrogen and oxygen atoms in total. The summed E-state index contributed by atoms with van der Waals surface area (Å²) in [5, 5.41) is 22.0. The molecule has 2 saturated carbocycles. The van der Waals surface area contributed by atoms with E-state index in [2.05, 4.69) is 12.2 Å². The third-order valence-electron chi connectivity index (χ3n) is 5.34. The van der Waals surface area contributed by atoms with Gasteiger partial charge in [0.05, 0.1) is 24.0 Å². The summed E-state index contributed by atoms with van der Waals surface area (Å²) < 4.78 is 0. The predicted molar refractivity (Wildman–Crippen MR) is 78.7 cm³/mol. The largest absolute Gasteiger partial charge is 0.481 e. The molecule has 2 atom stereocenters. The molecular formula is C16H27NO4. The second-order valence-corrected chi connectivity index (χ2v) is 6.95. The Bertz CT molecular complexity index is 388. The molecule has 120 valence electrons. The molecule has 5 heteroatoms. The van der Waals surface area contributed by atoms with Crippen LogP contribution in [-0.2, 0) is 9.59 Å². The molecule has 2 aliphatic rings. The lowest BCUT2D eigenvalue weighted by atomic mass is 9.75. The fourth-order valence-corrected chi connectivity index (χ4v) is 3.73. The van der Waals surface area contributed by atoms with Crippen LogP contribution in [0.4, 0.5) is 0 Å². The van der Waals surface area contributed by atoms with Crippen molar-refractivity contribution in [2.75, 3.05) is 6.61 Å². The first kappa shape index (κ1) is 16.3. The Morgan fingerprint density at radius 3 is 2.19 bits per heavy atom. The van der Waals surface area contributed by atoms with Gasteiger partial charge >= 0.3 is 5.97 Å². The Hall–Kier alpha value is -1.10. The Morgan fingerprint density at radius 2 is 1.67 bits per heavy atom. The number of aliphatic carboxylic acids is 1. The van der Waals surface area contributed by atoms with E-state index >= 15 is 0 Å². The number of rotatable bonds is 4. The van der Waals surface area contributed by atoms with Gasteiger partial charge < -0.3 is 15.5 Å². The van der Waals surface area contributed by atoms with Crippen molar-refractivity contribution in [2.24, 2.45) is 17.8 Å². The Labute approximate surface area is 126 Å². The van der Waals surface area contributed by atoms with Crippen LogP contribution in [0.15, 0.2) is 0 Å². The van der Waals surface area contributed by atoms with E-state index in [0.717, 1.165) is 38.5 Å². The molecule has 0 spiro atoms. The zero-order chi connectivity index (χ0) is 15.5. The maximum absolute atomic E-state index is 12.5. The van der Waals surface area contributed by atoms with Gasteiger partial charge in [-0.15, -0.1) is 0 Å². The number of aliphatic hydroxyl groups excluding tert-OH is 1. The Morgan fingerprint density at radius 1 is 1.10 bits per heavy atom. The summed E-state index contributed by atoms with van der Waals surface area (Å²) in [5.74, 6) is -1.44. The molecular weight excluding hydrogens is 270 g/mol. The first-order valence-corrected chi connectivity index (χ1v) is 8.13. The van der Waals surface area contributed by atoms with Gasteiger partial charge in [0.2, 0.25) is 5.91 Å². The number of hydrogen-bond donors (Lipinski definition) is 3. The monoisotopic (exact) mass is 297 g/mol. The smallest absolute Gasteiger partial charge is 0.307 e. The second kappa shape index (κ2) is 6.77. The molecule has 0 saturated heterocycles. The number of carbonyl (C=O) groups is 2. The minimum Gasteiger partial charge on any atom is -0.481 e. The van der Waals surface area contributed by atoms with Crippen molar-refractivity contribution in [2.45, 2.75) is 63.8 Å². The van der Waals surface area contributed by atoms with E-state index in [-0.39, 0.29) is 12.5 Å². The van der Waals surface area contributed by atoms with Gasteiger partial charge in [-0.3, -0.25) is 9.59 Å². The van der Waals surface area contributed by atoms with Gasteiger partial charge in [-0.25, -0.2) is 0 Å². The molecule has 2 fully saturated rings. The molecule has 21 heavy (non-hydrogen) atoms. The number of carbonyl (C=O) groups excluding carboxylic acids is 1. The molecule has 2 rings (SSSR count). The van der Waals surface area contributed by atoms with Crippen LogP contribution in [0.2, 0.25) is 0 Å². The molecule has 0 aromatic heterocycles. The number of carboxylic acid groups (broad SMARTS) is 1. The van der Waals surface area contributed by atoms with Crippen molar-refractivity contribution in [3.63, 3.8) is 0 Å². The molecule has 2 unspecified atom stereocenters. The van der Waals surface area contributed by atoms with E-state index in [0.29, 0.717) is 18.8 Å². The molecule has 0 radical (unpaired) electrons. The lowest BCUT2D eigenvalue weighted by Gasteiger charge is -2.40. The van der Waals surface area contributed by atoms with Crippen LogP contribution in [0.3, 0.4) is 0 Å². The maximum Gasteiger partial charge on any atom is 0.307 e. The topological polar surface area (TPSA) is 86.6 Å². The summed E-state index contributed by atoms with van der Waals surface area (Å²) >= 11 is 0. The first-order valence-electron chi connectivity index (χ1n) is 8.13. The van der Waals surface area contributed by atoms with Crippen molar-refractivity contribution in [3.8, 4) is 0 Å². The van der Waals surface area contributed by atoms with Gasteiger partial charge in [0.25, 0.3) is 0 Å².